The number of benzene rings is 1. The molecule has 0 aliphatic rings. The molecule has 1 atom stereocenters. The Balaban J connectivity index is 2.40. The molecule has 0 bridgehead atoms. The molecule has 4 nitrogen and oxygen atoms in total. The Kier molecular flexibility index (Phi) is 7.43. The molecule has 0 saturated carbocycles. The van der Waals surface area contributed by atoms with E-state index in [1.807, 2.05) is 0 Å². The molecular weight excluding hydrogens is 271 g/mol. The van der Waals surface area contributed by atoms with Crippen LogP contribution in [0.15, 0.2) is 24.3 Å². The van der Waals surface area contributed by atoms with E-state index < -0.39 is 11.8 Å². The van der Waals surface area contributed by atoms with Gasteiger partial charge in [-0.1, -0.05) is 33.1 Å². The van der Waals surface area contributed by atoms with Crippen molar-refractivity contribution in [2.45, 2.75) is 39.5 Å². The molecule has 0 unspecified atom stereocenters. The average Bonchev–Trinajstić information content (AvgIpc) is 2.49. The summed E-state index contributed by atoms with van der Waals surface area (Å²) < 4.78 is 12.7. The predicted molar refractivity (Wildman–Crippen MR) is 81.3 cm³/mol. The van der Waals surface area contributed by atoms with E-state index in [0.29, 0.717) is 18.2 Å². The molecule has 21 heavy (non-hydrogen) atoms. The molecule has 0 heterocycles. The summed E-state index contributed by atoms with van der Waals surface area (Å²) in [5.41, 5.74) is 0.398. The van der Waals surface area contributed by atoms with E-state index in [9.17, 15) is 14.0 Å². The third-order valence-corrected chi connectivity index (χ3v) is 3.40. The van der Waals surface area contributed by atoms with E-state index in [-0.39, 0.29) is 5.82 Å². The summed E-state index contributed by atoms with van der Waals surface area (Å²) in [4.78, 5) is 23.4. The fourth-order valence-corrected chi connectivity index (χ4v) is 1.98. The Morgan fingerprint density at radius 2 is 1.81 bits per heavy atom. The van der Waals surface area contributed by atoms with Crippen molar-refractivity contribution in [3.63, 3.8) is 0 Å². The highest BCUT2D eigenvalue weighted by atomic mass is 19.1. The van der Waals surface area contributed by atoms with Gasteiger partial charge in [-0.25, -0.2) is 4.39 Å². The van der Waals surface area contributed by atoms with E-state index in [2.05, 4.69) is 24.5 Å². The molecule has 1 aromatic rings. The summed E-state index contributed by atoms with van der Waals surface area (Å²) in [5, 5.41) is 5.09. The summed E-state index contributed by atoms with van der Waals surface area (Å²) in [6, 6.07) is 5.28. The highest BCUT2D eigenvalue weighted by molar-refractivity contribution is 6.39. The summed E-state index contributed by atoms with van der Waals surface area (Å²) in [6.07, 6.45) is 4.26. The monoisotopic (exact) mass is 294 g/mol. The Morgan fingerprint density at radius 3 is 2.38 bits per heavy atom. The third kappa shape index (κ3) is 6.38. The fourth-order valence-electron chi connectivity index (χ4n) is 1.98. The van der Waals surface area contributed by atoms with Gasteiger partial charge < -0.3 is 10.6 Å². The van der Waals surface area contributed by atoms with Crippen LogP contribution in [0.3, 0.4) is 0 Å². The van der Waals surface area contributed by atoms with Gasteiger partial charge in [-0.15, -0.1) is 0 Å². The van der Waals surface area contributed by atoms with Crippen LogP contribution in [0.2, 0.25) is 0 Å². The van der Waals surface area contributed by atoms with Crippen molar-refractivity contribution in [1.29, 1.82) is 0 Å². The molecule has 0 aliphatic heterocycles. The van der Waals surface area contributed by atoms with Crippen LogP contribution < -0.4 is 10.6 Å². The van der Waals surface area contributed by atoms with Crippen LogP contribution in [-0.4, -0.2) is 18.4 Å². The summed E-state index contributed by atoms with van der Waals surface area (Å²) >= 11 is 0. The molecule has 0 spiro atoms. The topological polar surface area (TPSA) is 58.2 Å². The van der Waals surface area contributed by atoms with Crippen LogP contribution in [0.4, 0.5) is 10.1 Å². The van der Waals surface area contributed by atoms with Crippen LogP contribution in [0.25, 0.3) is 0 Å². The average molecular weight is 294 g/mol. The SMILES string of the molecule is CCCC[C@@H](CC)CNC(=O)C(=O)Nc1ccc(F)cc1. The molecule has 1 aromatic carbocycles. The maximum Gasteiger partial charge on any atom is 0.313 e. The molecule has 0 fully saturated rings. The predicted octanol–water partition coefficient (Wildman–Crippen LogP) is 3.10. The number of rotatable bonds is 7. The van der Waals surface area contributed by atoms with Crippen molar-refractivity contribution < 1.29 is 14.0 Å². The first-order chi connectivity index (χ1) is 10.1. The van der Waals surface area contributed by atoms with Gasteiger partial charge in [0.2, 0.25) is 0 Å². The van der Waals surface area contributed by atoms with Gasteiger partial charge in [0.1, 0.15) is 5.82 Å². The van der Waals surface area contributed by atoms with Gasteiger partial charge in [0.25, 0.3) is 0 Å². The quantitative estimate of drug-likeness (QED) is 0.759. The van der Waals surface area contributed by atoms with E-state index in [1.54, 1.807) is 0 Å². The Hall–Kier alpha value is -1.91. The number of anilines is 1. The van der Waals surface area contributed by atoms with Crippen LogP contribution in [0.5, 0.6) is 0 Å². The zero-order valence-electron chi connectivity index (χ0n) is 12.6. The maximum absolute atomic E-state index is 12.7. The Morgan fingerprint density at radius 1 is 1.14 bits per heavy atom. The van der Waals surface area contributed by atoms with Crippen LogP contribution in [0, 0.1) is 11.7 Å². The second-order valence-electron chi connectivity index (χ2n) is 5.09. The van der Waals surface area contributed by atoms with Crippen LogP contribution in [0.1, 0.15) is 39.5 Å². The Bertz CT molecular complexity index is 460. The van der Waals surface area contributed by atoms with Gasteiger partial charge in [-0.2, -0.15) is 0 Å². The normalized spacial score (nSPS) is 11.8. The lowest BCUT2D eigenvalue weighted by atomic mass is 9.99. The number of carbonyl (C=O) groups is 2. The van der Waals surface area contributed by atoms with Crippen molar-refractivity contribution in [1.82, 2.24) is 5.32 Å². The maximum atomic E-state index is 12.7. The molecule has 5 heteroatoms. The van der Waals surface area contributed by atoms with Crippen LogP contribution in [-0.2, 0) is 9.59 Å². The van der Waals surface area contributed by atoms with Crippen LogP contribution >= 0.6 is 0 Å². The molecule has 0 saturated heterocycles. The lowest BCUT2D eigenvalue weighted by Crippen LogP contribution is -2.38. The molecule has 2 amide bonds. The number of nitrogens with one attached hydrogen (secondary N) is 2. The molecule has 0 aliphatic carbocycles. The first-order valence-electron chi connectivity index (χ1n) is 7.41. The summed E-state index contributed by atoms with van der Waals surface area (Å²) in [5.74, 6) is -1.38. The summed E-state index contributed by atoms with van der Waals surface area (Å²) in [7, 11) is 0. The zero-order valence-corrected chi connectivity index (χ0v) is 12.6. The van der Waals surface area contributed by atoms with E-state index in [1.165, 1.54) is 24.3 Å². The number of hydrogen-bond donors (Lipinski definition) is 2. The molecular formula is C16H23FN2O2. The second kappa shape index (κ2) is 9.10. The highest BCUT2D eigenvalue weighted by Gasteiger charge is 2.15. The zero-order chi connectivity index (χ0) is 15.7. The summed E-state index contributed by atoms with van der Waals surface area (Å²) in [6.45, 7) is 4.71. The van der Waals surface area contributed by atoms with Gasteiger partial charge >= 0.3 is 11.8 Å². The van der Waals surface area contributed by atoms with Gasteiger partial charge in [-0.05, 0) is 36.6 Å². The number of amides is 2. The third-order valence-electron chi connectivity index (χ3n) is 3.40. The van der Waals surface area contributed by atoms with Gasteiger partial charge in [-0.3, -0.25) is 9.59 Å². The van der Waals surface area contributed by atoms with Gasteiger partial charge in [0, 0.05) is 12.2 Å². The van der Waals surface area contributed by atoms with Crippen molar-refractivity contribution in [2.24, 2.45) is 5.92 Å². The number of hydrogen-bond acceptors (Lipinski definition) is 2. The smallest absolute Gasteiger partial charge is 0.313 e. The number of unbranched alkanes of at least 4 members (excludes halogenated alkanes) is 1. The number of halogens is 1. The highest BCUT2D eigenvalue weighted by Crippen LogP contribution is 2.11. The first kappa shape index (κ1) is 17.1. The van der Waals surface area contributed by atoms with Crippen molar-refractivity contribution in [3.8, 4) is 0 Å². The second-order valence-corrected chi connectivity index (χ2v) is 5.09. The minimum Gasteiger partial charge on any atom is -0.348 e. The van der Waals surface area contributed by atoms with Crippen molar-refractivity contribution in [2.75, 3.05) is 11.9 Å². The number of carbonyl (C=O) groups excluding carboxylic acids is 2. The minimum atomic E-state index is -0.730. The van der Waals surface area contributed by atoms with E-state index >= 15 is 0 Å². The largest absolute Gasteiger partial charge is 0.348 e. The van der Waals surface area contributed by atoms with Crippen molar-refractivity contribution in [3.05, 3.63) is 30.1 Å². The molecule has 2 N–H and O–H groups in total. The van der Waals surface area contributed by atoms with Crippen molar-refractivity contribution >= 4 is 17.5 Å². The fraction of sp³-hybridized carbons (Fsp3) is 0.500. The molecule has 0 radical (unpaired) electrons. The molecule has 1 rings (SSSR count). The molecule has 116 valence electrons. The minimum absolute atomic E-state index is 0.390. The molecule has 0 aromatic heterocycles. The Labute approximate surface area is 125 Å². The lowest BCUT2D eigenvalue weighted by molar-refractivity contribution is -0.136. The first-order valence-corrected chi connectivity index (χ1v) is 7.41. The van der Waals surface area contributed by atoms with E-state index in [4.69, 9.17) is 0 Å². The standard InChI is InChI=1S/C16H23FN2O2/c1-3-5-6-12(4-2)11-18-15(20)16(21)19-14-9-7-13(17)8-10-14/h7-10,12H,3-6,11H2,1-2H3,(H,18,20)(H,19,21)/t12-/m1/s1. The lowest BCUT2D eigenvalue weighted by Gasteiger charge is -2.15. The van der Waals surface area contributed by atoms with E-state index in [0.717, 1.165) is 25.7 Å². The van der Waals surface area contributed by atoms with Gasteiger partial charge in [0.15, 0.2) is 0 Å². The van der Waals surface area contributed by atoms with Gasteiger partial charge in [0.05, 0.1) is 0 Å².